The first-order valence-corrected chi connectivity index (χ1v) is 8.73. The van der Waals surface area contributed by atoms with Crippen molar-refractivity contribution in [3.8, 4) is 5.95 Å². The zero-order chi connectivity index (χ0) is 18.4. The summed E-state index contributed by atoms with van der Waals surface area (Å²) < 4.78 is 6.05. The van der Waals surface area contributed by atoms with Gasteiger partial charge in [-0.25, -0.2) is 4.98 Å². The van der Waals surface area contributed by atoms with E-state index in [1.807, 2.05) is 14.1 Å². The predicted molar refractivity (Wildman–Crippen MR) is 95.2 cm³/mol. The Morgan fingerprint density at radius 2 is 2.16 bits per heavy atom. The van der Waals surface area contributed by atoms with Crippen molar-refractivity contribution in [2.75, 3.05) is 37.2 Å². The van der Waals surface area contributed by atoms with Crippen LogP contribution in [-0.4, -0.2) is 68.7 Å². The summed E-state index contributed by atoms with van der Waals surface area (Å²) in [6.45, 7) is 4.13. The number of esters is 1. The van der Waals surface area contributed by atoms with Crippen LogP contribution in [0.1, 0.15) is 20.3 Å². The van der Waals surface area contributed by atoms with Crippen molar-refractivity contribution < 1.29 is 9.53 Å². The molecule has 136 valence electrons. The van der Waals surface area contributed by atoms with E-state index in [2.05, 4.69) is 48.9 Å². The minimum Gasteiger partial charge on any atom is -0.468 e. The molecule has 0 aliphatic heterocycles. The van der Waals surface area contributed by atoms with E-state index in [9.17, 15) is 4.79 Å². The molecule has 1 N–H and O–H groups in total. The molecular weight excluding hydrogens is 344 g/mol. The van der Waals surface area contributed by atoms with Gasteiger partial charge >= 0.3 is 5.97 Å². The minimum atomic E-state index is -0.337. The lowest BCUT2D eigenvalue weighted by Crippen LogP contribution is -2.21. The lowest BCUT2D eigenvalue weighted by molar-refractivity contribution is -0.137. The van der Waals surface area contributed by atoms with Crippen LogP contribution >= 0.6 is 11.8 Å². The molecule has 0 aromatic carbocycles. The SMILES string of the molecule is CC[C@H](C)Nc1nc(N(C)C)nc(-n2cnc(SCC(=O)OC)n2)n1. The number of aromatic nitrogens is 6. The van der Waals surface area contributed by atoms with Gasteiger partial charge in [0.05, 0.1) is 12.9 Å². The first-order chi connectivity index (χ1) is 11.9. The number of hydrogen-bond acceptors (Lipinski definition) is 10. The van der Waals surface area contributed by atoms with Crippen molar-refractivity contribution in [3.63, 3.8) is 0 Å². The van der Waals surface area contributed by atoms with E-state index < -0.39 is 0 Å². The Hall–Kier alpha value is -2.43. The van der Waals surface area contributed by atoms with Gasteiger partial charge in [-0.05, 0) is 13.3 Å². The number of methoxy groups -OCH3 is 1. The molecule has 0 spiro atoms. The maximum Gasteiger partial charge on any atom is 0.316 e. The van der Waals surface area contributed by atoms with E-state index in [1.54, 1.807) is 4.90 Å². The van der Waals surface area contributed by atoms with Gasteiger partial charge in [-0.3, -0.25) is 4.79 Å². The summed E-state index contributed by atoms with van der Waals surface area (Å²) in [4.78, 5) is 30.3. The van der Waals surface area contributed by atoms with Gasteiger partial charge in [-0.15, -0.1) is 5.10 Å². The Balaban J connectivity index is 2.25. The number of ether oxygens (including phenoxy) is 1. The number of rotatable bonds is 8. The average Bonchev–Trinajstić information content (AvgIpc) is 3.08. The number of carbonyl (C=O) groups excluding carboxylic acids is 1. The fourth-order valence-electron chi connectivity index (χ4n) is 1.64. The van der Waals surface area contributed by atoms with Crippen LogP contribution in [-0.2, 0) is 9.53 Å². The highest BCUT2D eigenvalue weighted by molar-refractivity contribution is 7.99. The molecule has 0 saturated heterocycles. The van der Waals surface area contributed by atoms with Gasteiger partial charge in [0.25, 0.3) is 5.95 Å². The molecule has 11 heteroatoms. The summed E-state index contributed by atoms with van der Waals surface area (Å²) in [5.41, 5.74) is 0. The van der Waals surface area contributed by atoms with E-state index in [0.29, 0.717) is 23.0 Å². The van der Waals surface area contributed by atoms with Crippen molar-refractivity contribution >= 4 is 29.6 Å². The Kier molecular flexibility index (Phi) is 6.51. The van der Waals surface area contributed by atoms with Crippen LogP contribution in [0, 0.1) is 0 Å². The fourth-order valence-corrected chi connectivity index (χ4v) is 2.27. The highest BCUT2D eigenvalue weighted by Crippen LogP contribution is 2.15. The number of hydrogen-bond donors (Lipinski definition) is 1. The van der Waals surface area contributed by atoms with Crippen LogP contribution in [0.2, 0.25) is 0 Å². The molecule has 2 aromatic rings. The van der Waals surface area contributed by atoms with E-state index >= 15 is 0 Å². The number of thioether (sulfide) groups is 1. The quantitative estimate of drug-likeness (QED) is 0.536. The minimum absolute atomic E-state index is 0.140. The highest BCUT2D eigenvalue weighted by Gasteiger charge is 2.13. The van der Waals surface area contributed by atoms with E-state index in [4.69, 9.17) is 0 Å². The van der Waals surface area contributed by atoms with Crippen molar-refractivity contribution in [1.82, 2.24) is 29.7 Å². The van der Waals surface area contributed by atoms with Crippen molar-refractivity contribution in [1.29, 1.82) is 0 Å². The summed E-state index contributed by atoms with van der Waals surface area (Å²) in [5.74, 6) is 1.14. The third-order valence-corrected chi connectivity index (χ3v) is 4.05. The van der Waals surface area contributed by atoms with Crippen LogP contribution in [0.25, 0.3) is 5.95 Å². The third kappa shape index (κ3) is 5.28. The Morgan fingerprint density at radius 1 is 1.40 bits per heavy atom. The zero-order valence-corrected chi connectivity index (χ0v) is 15.7. The molecule has 0 unspecified atom stereocenters. The van der Waals surface area contributed by atoms with Crippen LogP contribution in [0.5, 0.6) is 0 Å². The normalized spacial score (nSPS) is 11.9. The lowest BCUT2D eigenvalue weighted by Gasteiger charge is -2.15. The summed E-state index contributed by atoms with van der Waals surface area (Å²) >= 11 is 1.18. The summed E-state index contributed by atoms with van der Waals surface area (Å²) in [5, 5.41) is 7.96. The second-order valence-corrected chi connectivity index (χ2v) is 6.39. The van der Waals surface area contributed by atoms with Crippen LogP contribution in [0.3, 0.4) is 0 Å². The van der Waals surface area contributed by atoms with Gasteiger partial charge in [-0.1, -0.05) is 18.7 Å². The van der Waals surface area contributed by atoms with Crippen LogP contribution < -0.4 is 10.2 Å². The van der Waals surface area contributed by atoms with Gasteiger partial charge in [0.2, 0.25) is 17.1 Å². The molecule has 0 saturated carbocycles. The van der Waals surface area contributed by atoms with Crippen LogP contribution in [0.15, 0.2) is 11.5 Å². The van der Waals surface area contributed by atoms with Crippen LogP contribution in [0.4, 0.5) is 11.9 Å². The molecule has 0 aliphatic carbocycles. The Morgan fingerprint density at radius 3 is 2.80 bits per heavy atom. The number of nitrogens with zero attached hydrogens (tertiary/aromatic N) is 7. The monoisotopic (exact) mass is 366 g/mol. The molecule has 0 aliphatic rings. The molecule has 1 atom stereocenters. The molecule has 2 rings (SSSR count). The van der Waals surface area contributed by atoms with Crippen molar-refractivity contribution in [2.45, 2.75) is 31.5 Å². The van der Waals surface area contributed by atoms with Gasteiger partial charge in [0, 0.05) is 20.1 Å². The largest absolute Gasteiger partial charge is 0.468 e. The molecule has 0 fully saturated rings. The summed E-state index contributed by atoms with van der Waals surface area (Å²) in [6.07, 6.45) is 2.44. The molecular formula is C14H22N8O2S. The topological polar surface area (TPSA) is 111 Å². The summed E-state index contributed by atoms with van der Waals surface area (Å²) in [6, 6.07) is 0.229. The first kappa shape index (κ1) is 18.9. The van der Waals surface area contributed by atoms with Gasteiger partial charge in [-0.2, -0.15) is 19.6 Å². The predicted octanol–water partition coefficient (Wildman–Crippen LogP) is 0.994. The third-order valence-electron chi connectivity index (χ3n) is 3.22. The van der Waals surface area contributed by atoms with Crippen molar-refractivity contribution in [3.05, 3.63) is 6.33 Å². The molecule has 2 aromatic heterocycles. The second-order valence-electron chi connectivity index (χ2n) is 5.44. The average molecular weight is 366 g/mol. The Bertz CT molecular complexity index is 721. The van der Waals surface area contributed by atoms with Gasteiger partial charge in [0.15, 0.2) is 0 Å². The first-order valence-electron chi connectivity index (χ1n) is 7.74. The van der Waals surface area contributed by atoms with E-state index in [1.165, 1.54) is 29.9 Å². The number of nitrogens with one attached hydrogen (secondary N) is 1. The van der Waals surface area contributed by atoms with E-state index in [0.717, 1.165) is 6.42 Å². The summed E-state index contributed by atoms with van der Waals surface area (Å²) in [7, 11) is 5.05. The molecule has 10 nitrogen and oxygen atoms in total. The maximum atomic E-state index is 11.2. The highest BCUT2D eigenvalue weighted by atomic mass is 32.2. The molecule has 25 heavy (non-hydrogen) atoms. The Labute approximate surface area is 150 Å². The molecule has 0 radical (unpaired) electrons. The van der Waals surface area contributed by atoms with Gasteiger partial charge in [0.1, 0.15) is 6.33 Å². The molecule has 2 heterocycles. The smallest absolute Gasteiger partial charge is 0.316 e. The molecule has 0 amide bonds. The van der Waals surface area contributed by atoms with E-state index in [-0.39, 0.29) is 17.8 Å². The standard InChI is InChI=1S/C14H22N8O2S/c1-6-9(2)16-11-17-12(21(3)4)19-13(18-11)22-8-15-14(20-22)25-7-10(23)24-5/h8-9H,6-7H2,1-5H3,(H,16,17,18,19)/t9-/m0/s1. The lowest BCUT2D eigenvalue weighted by atomic mass is 10.3. The fraction of sp³-hybridized carbons (Fsp3) is 0.571. The van der Waals surface area contributed by atoms with Crippen molar-refractivity contribution in [2.24, 2.45) is 0 Å². The maximum absolute atomic E-state index is 11.2. The number of anilines is 2. The number of carbonyl (C=O) groups is 1. The second kappa shape index (κ2) is 8.60. The van der Waals surface area contributed by atoms with Gasteiger partial charge < -0.3 is 15.0 Å². The molecule has 0 bridgehead atoms. The zero-order valence-electron chi connectivity index (χ0n) is 14.9.